The molecule has 5 heteroatoms. The van der Waals surface area contributed by atoms with Gasteiger partial charge in [0.05, 0.1) is 11.3 Å². The Morgan fingerprint density at radius 2 is 1.59 bits per heavy atom. The zero-order valence-electron chi connectivity index (χ0n) is 15.0. The molecule has 138 valence electrons. The number of nitrogens with one attached hydrogen (secondary N) is 2. The normalized spacial score (nSPS) is 10.4. The van der Waals surface area contributed by atoms with E-state index in [9.17, 15) is 4.79 Å². The molecule has 0 saturated carbocycles. The minimum absolute atomic E-state index is 0.111. The molecule has 1 heterocycles. The lowest BCUT2D eigenvalue weighted by Gasteiger charge is -2.09. The van der Waals surface area contributed by atoms with Gasteiger partial charge >= 0.3 is 0 Å². The molecule has 1 amide bonds. The van der Waals surface area contributed by atoms with Gasteiger partial charge in [0.25, 0.3) is 5.91 Å². The van der Waals surface area contributed by atoms with Crippen molar-refractivity contribution in [3.63, 3.8) is 0 Å². The van der Waals surface area contributed by atoms with Gasteiger partial charge in [0.2, 0.25) is 0 Å². The molecule has 2 N–H and O–H groups in total. The molecule has 0 atom stereocenters. The smallest absolute Gasteiger partial charge is 0.252 e. The van der Waals surface area contributed by atoms with Gasteiger partial charge in [0.15, 0.2) is 0 Å². The predicted molar refractivity (Wildman–Crippen MR) is 110 cm³/mol. The highest BCUT2D eigenvalue weighted by atomic mass is 35.5. The fourth-order valence-electron chi connectivity index (χ4n) is 2.73. The number of rotatable bonds is 8. The summed E-state index contributed by atoms with van der Waals surface area (Å²) in [6, 6.07) is 19.7. The number of halogens is 1. The Labute approximate surface area is 164 Å². The third kappa shape index (κ3) is 6.12. The standard InChI is InChI=1S/C22H22ClN3O/c23-20-8-6-18(7-9-20)10-12-25-21-14-19(15-24-16-21)22(27)26-13-11-17-4-2-1-3-5-17/h1-9,14-16,25H,10-13H2,(H,26,27). The highest BCUT2D eigenvalue weighted by Gasteiger charge is 2.06. The van der Waals surface area contributed by atoms with Crippen LogP contribution in [0.5, 0.6) is 0 Å². The number of amides is 1. The van der Waals surface area contributed by atoms with Gasteiger partial charge in [-0.2, -0.15) is 0 Å². The Morgan fingerprint density at radius 1 is 0.889 bits per heavy atom. The summed E-state index contributed by atoms with van der Waals surface area (Å²) in [5.74, 6) is -0.111. The van der Waals surface area contributed by atoms with Gasteiger partial charge in [-0.3, -0.25) is 9.78 Å². The number of pyridine rings is 1. The summed E-state index contributed by atoms with van der Waals surface area (Å²) >= 11 is 5.90. The minimum atomic E-state index is -0.111. The molecule has 27 heavy (non-hydrogen) atoms. The van der Waals surface area contributed by atoms with E-state index in [2.05, 4.69) is 27.8 Å². The molecular formula is C22H22ClN3O. The molecule has 0 bridgehead atoms. The maximum Gasteiger partial charge on any atom is 0.252 e. The van der Waals surface area contributed by atoms with E-state index in [1.54, 1.807) is 12.4 Å². The van der Waals surface area contributed by atoms with Gasteiger partial charge in [-0.05, 0) is 42.2 Å². The van der Waals surface area contributed by atoms with Gasteiger partial charge in [-0.1, -0.05) is 54.1 Å². The molecule has 3 rings (SSSR count). The molecule has 0 aliphatic rings. The average molecular weight is 380 g/mol. The van der Waals surface area contributed by atoms with Crippen LogP contribution in [0.1, 0.15) is 21.5 Å². The number of carbonyl (C=O) groups is 1. The Morgan fingerprint density at radius 3 is 2.37 bits per heavy atom. The van der Waals surface area contributed by atoms with E-state index in [1.807, 2.05) is 48.5 Å². The predicted octanol–water partition coefficient (Wildman–Crippen LogP) is 4.36. The first-order chi connectivity index (χ1) is 13.2. The highest BCUT2D eigenvalue weighted by Crippen LogP contribution is 2.12. The fourth-order valence-corrected chi connectivity index (χ4v) is 2.86. The van der Waals surface area contributed by atoms with Crippen molar-refractivity contribution < 1.29 is 4.79 Å². The summed E-state index contributed by atoms with van der Waals surface area (Å²) in [6.45, 7) is 1.35. The van der Waals surface area contributed by atoms with Crippen molar-refractivity contribution in [3.8, 4) is 0 Å². The van der Waals surface area contributed by atoms with Crippen molar-refractivity contribution >= 4 is 23.2 Å². The average Bonchev–Trinajstić information content (AvgIpc) is 2.70. The van der Waals surface area contributed by atoms with Gasteiger partial charge in [-0.25, -0.2) is 0 Å². The van der Waals surface area contributed by atoms with Gasteiger partial charge in [0, 0.05) is 30.5 Å². The van der Waals surface area contributed by atoms with Crippen LogP contribution >= 0.6 is 11.6 Å². The second kappa shape index (κ2) is 9.74. The number of nitrogens with zero attached hydrogens (tertiary/aromatic N) is 1. The van der Waals surface area contributed by atoms with Gasteiger partial charge in [0.1, 0.15) is 0 Å². The third-order valence-electron chi connectivity index (χ3n) is 4.20. The lowest BCUT2D eigenvalue weighted by molar-refractivity contribution is 0.0954. The zero-order chi connectivity index (χ0) is 18.9. The largest absolute Gasteiger partial charge is 0.383 e. The van der Waals surface area contributed by atoms with E-state index in [-0.39, 0.29) is 5.91 Å². The van der Waals surface area contributed by atoms with Crippen LogP contribution < -0.4 is 10.6 Å². The molecular weight excluding hydrogens is 358 g/mol. The van der Waals surface area contributed by atoms with E-state index in [1.165, 1.54) is 11.1 Å². The van der Waals surface area contributed by atoms with E-state index in [4.69, 9.17) is 11.6 Å². The monoisotopic (exact) mass is 379 g/mol. The van der Waals surface area contributed by atoms with Crippen molar-refractivity contribution in [2.45, 2.75) is 12.8 Å². The van der Waals surface area contributed by atoms with E-state index < -0.39 is 0 Å². The number of benzene rings is 2. The van der Waals surface area contributed by atoms with Crippen molar-refractivity contribution in [2.24, 2.45) is 0 Å². The summed E-state index contributed by atoms with van der Waals surface area (Å²) < 4.78 is 0. The van der Waals surface area contributed by atoms with Crippen LogP contribution in [0.4, 0.5) is 5.69 Å². The second-order valence-electron chi connectivity index (χ2n) is 6.26. The molecule has 0 aliphatic carbocycles. The number of hydrogen-bond donors (Lipinski definition) is 2. The van der Waals surface area contributed by atoms with Crippen LogP contribution in [0.2, 0.25) is 5.02 Å². The zero-order valence-corrected chi connectivity index (χ0v) is 15.7. The maximum atomic E-state index is 12.3. The Bertz CT molecular complexity index is 866. The van der Waals surface area contributed by atoms with Crippen molar-refractivity contribution in [3.05, 3.63) is 94.8 Å². The van der Waals surface area contributed by atoms with Crippen LogP contribution in [0, 0.1) is 0 Å². The molecule has 0 aliphatic heterocycles. The van der Waals surface area contributed by atoms with Crippen molar-refractivity contribution in [1.29, 1.82) is 0 Å². The molecule has 0 fully saturated rings. The fraction of sp³-hybridized carbons (Fsp3) is 0.182. The van der Waals surface area contributed by atoms with Crippen molar-refractivity contribution in [1.82, 2.24) is 10.3 Å². The Balaban J connectivity index is 1.47. The first kappa shape index (κ1) is 18.9. The first-order valence-electron chi connectivity index (χ1n) is 8.96. The quantitative estimate of drug-likeness (QED) is 0.611. The summed E-state index contributed by atoms with van der Waals surface area (Å²) in [7, 11) is 0. The van der Waals surface area contributed by atoms with E-state index in [0.29, 0.717) is 12.1 Å². The van der Waals surface area contributed by atoms with Crippen LogP contribution in [0.3, 0.4) is 0 Å². The molecule has 4 nitrogen and oxygen atoms in total. The summed E-state index contributed by atoms with van der Waals surface area (Å²) in [4.78, 5) is 16.5. The molecule has 0 radical (unpaired) electrons. The van der Waals surface area contributed by atoms with Crippen LogP contribution in [-0.2, 0) is 12.8 Å². The SMILES string of the molecule is O=C(NCCc1ccccc1)c1cncc(NCCc2ccc(Cl)cc2)c1. The summed E-state index contributed by atoms with van der Waals surface area (Å²) in [5, 5.41) is 6.99. The molecule has 2 aromatic carbocycles. The van der Waals surface area contributed by atoms with Gasteiger partial charge in [-0.15, -0.1) is 0 Å². The Kier molecular flexibility index (Phi) is 6.83. The molecule has 0 unspecified atom stereocenters. The molecule has 1 aromatic heterocycles. The Hall–Kier alpha value is -2.85. The minimum Gasteiger partial charge on any atom is -0.383 e. The van der Waals surface area contributed by atoms with Crippen molar-refractivity contribution in [2.75, 3.05) is 18.4 Å². The van der Waals surface area contributed by atoms with Crippen LogP contribution in [0.25, 0.3) is 0 Å². The number of carbonyl (C=O) groups excluding carboxylic acids is 1. The summed E-state index contributed by atoms with van der Waals surface area (Å²) in [5.41, 5.74) is 3.79. The number of aromatic nitrogens is 1. The molecule has 3 aromatic rings. The second-order valence-corrected chi connectivity index (χ2v) is 6.69. The maximum absolute atomic E-state index is 12.3. The van der Waals surface area contributed by atoms with E-state index in [0.717, 1.165) is 30.1 Å². The third-order valence-corrected chi connectivity index (χ3v) is 4.45. The van der Waals surface area contributed by atoms with Gasteiger partial charge < -0.3 is 10.6 Å². The van der Waals surface area contributed by atoms with E-state index >= 15 is 0 Å². The lowest BCUT2D eigenvalue weighted by atomic mass is 10.1. The van der Waals surface area contributed by atoms with Crippen LogP contribution in [0.15, 0.2) is 73.1 Å². The number of anilines is 1. The summed E-state index contributed by atoms with van der Waals surface area (Å²) in [6.07, 6.45) is 4.98. The topological polar surface area (TPSA) is 54.0 Å². The lowest BCUT2D eigenvalue weighted by Crippen LogP contribution is -2.25. The number of hydrogen-bond acceptors (Lipinski definition) is 3. The van der Waals surface area contributed by atoms with Crippen LogP contribution in [-0.4, -0.2) is 24.0 Å². The highest BCUT2D eigenvalue weighted by molar-refractivity contribution is 6.30. The first-order valence-corrected chi connectivity index (χ1v) is 9.34. The molecule has 0 spiro atoms. The molecule has 0 saturated heterocycles.